The van der Waals surface area contributed by atoms with E-state index in [9.17, 15) is 9.59 Å². The zero-order valence-electron chi connectivity index (χ0n) is 12.1. The largest absolute Gasteiger partial charge is 0.460 e. The second-order valence-corrected chi connectivity index (χ2v) is 4.78. The van der Waals surface area contributed by atoms with Crippen LogP contribution in [0.1, 0.15) is 27.7 Å². The van der Waals surface area contributed by atoms with Gasteiger partial charge in [0, 0.05) is 5.57 Å². The van der Waals surface area contributed by atoms with Crippen molar-refractivity contribution in [1.29, 1.82) is 0 Å². The highest BCUT2D eigenvalue weighted by molar-refractivity contribution is 5.86. The van der Waals surface area contributed by atoms with Gasteiger partial charge in [0.1, 0.15) is 12.2 Å². The maximum atomic E-state index is 11.6. The van der Waals surface area contributed by atoms with Crippen LogP contribution in [0.3, 0.4) is 0 Å². The number of ether oxygens (including phenoxy) is 2. The van der Waals surface area contributed by atoms with Crippen molar-refractivity contribution in [3.05, 3.63) is 24.8 Å². The summed E-state index contributed by atoms with van der Waals surface area (Å²) in [5, 5.41) is 2.51. The number of rotatable bonds is 7. The van der Waals surface area contributed by atoms with Gasteiger partial charge in [-0.1, -0.05) is 27.0 Å². The van der Waals surface area contributed by atoms with Crippen LogP contribution in [-0.2, 0) is 14.3 Å². The monoisotopic (exact) mass is 269 g/mol. The summed E-state index contributed by atoms with van der Waals surface area (Å²) in [6, 6.07) is 0. The van der Waals surface area contributed by atoms with Gasteiger partial charge in [-0.3, -0.25) is 0 Å². The van der Waals surface area contributed by atoms with Gasteiger partial charge in [0.25, 0.3) is 0 Å². The number of amides is 1. The van der Waals surface area contributed by atoms with Crippen molar-refractivity contribution in [3.8, 4) is 0 Å². The Labute approximate surface area is 114 Å². The Hall–Kier alpha value is -1.78. The molecular formula is C14H23NO4. The molecule has 108 valence electrons. The number of hydrogen-bond donors (Lipinski definition) is 1. The molecule has 0 bridgehead atoms. The van der Waals surface area contributed by atoms with Crippen LogP contribution in [0.15, 0.2) is 24.8 Å². The summed E-state index contributed by atoms with van der Waals surface area (Å²) < 4.78 is 10.1. The summed E-state index contributed by atoms with van der Waals surface area (Å²) >= 11 is 0. The van der Waals surface area contributed by atoms with Crippen LogP contribution in [-0.4, -0.2) is 30.8 Å². The Morgan fingerprint density at radius 3 is 2.42 bits per heavy atom. The van der Waals surface area contributed by atoms with Gasteiger partial charge < -0.3 is 14.8 Å². The molecule has 0 heterocycles. The first kappa shape index (κ1) is 17.2. The van der Waals surface area contributed by atoms with E-state index in [4.69, 9.17) is 9.47 Å². The number of carbonyl (C=O) groups excluding carboxylic acids is 2. The molecule has 1 amide bonds. The standard InChI is InChI=1S/C14H23NO4/c1-7-14(6,11(4)5)19-13(17)15-8-9-18-12(16)10(2)3/h7,11H,1-2,8-9H2,3-6H3,(H,15,17). The summed E-state index contributed by atoms with van der Waals surface area (Å²) in [6.45, 7) is 14.6. The average molecular weight is 269 g/mol. The van der Waals surface area contributed by atoms with Crippen LogP contribution in [0.2, 0.25) is 0 Å². The van der Waals surface area contributed by atoms with Gasteiger partial charge in [-0.25, -0.2) is 9.59 Å². The Balaban J connectivity index is 4.03. The first-order valence-corrected chi connectivity index (χ1v) is 6.16. The molecule has 0 radical (unpaired) electrons. The molecule has 0 aliphatic heterocycles. The van der Waals surface area contributed by atoms with E-state index in [1.54, 1.807) is 19.9 Å². The van der Waals surface area contributed by atoms with Crippen molar-refractivity contribution >= 4 is 12.1 Å². The predicted molar refractivity (Wildman–Crippen MR) is 73.7 cm³/mol. The van der Waals surface area contributed by atoms with Gasteiger partial charge in [0.15, 0.2) is 0 Å². The van der Waals surface area contributed by atoms with E-state index in [0.717, 1.165) is 0 Å². The molecule has 0 aromatic carbocycles. The first-order chi connectivity index (χ1) is 8.73. The van der Waals surface area contributed by atoms with Crippen LogP contribution in [0.5, 0.6) is 0 Å². The summed E-state index contributed by atoms with van der Waals surface area (Å²) in [7, 11) is 0. The van der Waals surface area contributed by atoms with Crippen molar-refractivity contribution in [2.24, 2.45) is 5.92 Å². The third kappa shape index (κ3) is 6.08. The molecule has 19 heavy (non-hydrogen) atoms. The summed E-state index contributed by atoms with van der Waals surface area (Å²) in [6.07, 6.45) is 1.03. The molecule has 0 aromatic rings. The summed E-state index contributed by atoms with van der Waals surface area (Å²) in [4.78, 5) is 22.6. The fourth-order valence-corrected chi connectivity index (χ4v) is 1.05. The van der Waals surface area contributed by atoms with Crippen LogP contribution < -0.4 is 5.32 Å². The SMILES string of the molecule is C=CC(C)(OC(=O)NCCOC(=O)C(=C)C)C(C)C. The van der Waals surface area contributed by atoms with E-state index in [0.29, 0.717) is 5.57 Å². The van der Waals surface area contributed by atoms with Crippen molar-refractivity contribution in [2.75, 3.05) is 13.2 Å². The molecule has 5 heteroatoms. The Kier molecular flexibility index (Phi) is 6.90. The Morgan fingerprint density at radius 2 is 2.00 bits per heavy atom. The van der Waals surface area contributed by atoms with E-state index < -0.39 is 17.7 Å². The molecular weight excluding hydrogens is 246 g/mol. The number of nitrogens with one attached hydrogen (secondary N) is 1. The Morgan fingerprint density at radius 1 is 1.42 bits per heavy atom. The number of alkyl carbamates (subject to hydrolysis) is 1. The highest BCUT2D eigenvalue weighted by Gasteiger charge is 2.28. The lowest BCUT2D eigenvalue weighted by Crippen LogP contribution is -2.40. The molecule has 5 nitrogen and oxygen atoms in total. The zero-order chi connectivity index (χ0) is 15.1. The molecule has 0 fully saturated rings. The van der Waals surface area contributed by atoms with Crippen LogP contribution >= 0.6 is 0 Å². The third-order valence-electron chi connectivity index (χ3n) is 2.82. The number of hydrogen-bond acceptors (Lipinski definition) is 4. The second kappa shape index (κ2) is 7.61. The van der Waals surface area contributed by atoms with Gasteiger partial charge in [0.2, 0.25) is 0 Å². The maximum Gasteiger partial charge on any atom is 0.408 e. The normalized spacial score (nSPS) is 13.3. The van der Waals surface area contributed by atoms with Crippen molar-refractivity contribution in [3.63, 3.8) is 0 Å². The molecule has 1 N–H and O–H groups in total. The minimum atomic E-state index is -0.724. The molecule has 0 saturated heterocycles. The average Bonchev–Trinajstić information content (AvgIpc) is 2.33. The predicted octanol–water partition coefficient (Wildman–Crippen LogP) is 2.43. The van der Waals surface area contributed by atoms with Crippen LogP contribution in [0, 0.1) is 5.92 Å². The lowest BCUT2D eigenvalue weighted by atomic mass is 9.92. The highest BCUT2D eigenvalue weighted by Crippen LogP contribution is 2.22. The van der Waals surface area contributed by atoms with E-state index in [-0.39, 0.29) is 19.1 Å². The molecule has 0 spiro atoms. The fraction of sp³-hybridized carbons (Fsp3) is 0.571. The topological polar surface area (TPSA) is 64.6 Å². The van der Waals surface area contributed by atoms with Gasteiger partial charge in [0.05, 0.1) is 6.54 Å². The molecule has 0 aliphatic rings. The van der Waals surface area contributed by atoms with Gasteiger partial charge in [-0.2, -0.15) is 0 Å². The Bertz CT molecular complexity index is 362. The summed E-state index contributed by atoms with van der Waals surface area (Å²) in [5.74, 6) is -0.370. The zero-order valence-corrected chi connectivity index (χ0v) is 12.1. The second-order valence-electron chi connectivity index (χ2n) is 4.78. The third-order valence-corrected chi connectivity index (χ3v) is 2.82. The number of esters is 1. The molecule has 0 saturated carbocycles. The van der Waals surface area contributed by atoms with E-state index in [2.05, 4.69) is 18.5 Å². The van der Waals surface area contributed by atoms with Crippen molar-refractivity contribution < 1.29 is 19.1 Å². The molecule has 0 aliphatic carbocycles. The van der Waals surface area contributed by atoms with Gasteiger partial charge >= 0.3 is 12.1 Å². The molecule has 0 rings (SSSR count). The van der Waals surface area contributed by atoms with Crippen LogP contribution in [0.4, 0.5) is 4.79 Å². The maximum absolute atomic E-state index is 11.6. The van der Waals surface area contributed by atoms with E-state index in [1.807, 2.05) is 13.8 Å². The quantitative estimate of drug-likeness (QED) is 0.334. The lowest BCUT2D eigenvalue weighted by molar-refractivity contribution is -0.138. The molecule has 0 aromatic heterocycles. The first-order valence-electron chi connectivity index (χ1n) is 6.16. The van der Waals surface area contributed by atoms with E-state index >= 15 is 0 Å². The van der Waals surface area contributed by atoms with Gasteiger partial charge in [-0.15, -0.1) is 0 Å². The minimum absolute atomic E-state index is 0.0767. The smallest absolute Gasteiger partial charge is 0.408 e. The van der Waals surface area contributed by atoms with Crippen molar-refractivity contribution in [1.82, 2.24) is 5.32 Å². The molecule has 1 atom stereocenters. The minimum Gasteiger partial charge on any atom is -0.460 e. The summed E-state index contributed by atoms with van der Waals surface area (Å²) in [5.41, 5.74) is -0.403. The fourth-order valence-electron chi connectivity index (χ4n) is 1.05. The van der Waals surface area contributed by atoms with E-state index in [1.165, 1.54) is 0 Å². The van der Waals surface area contributed by atoms with Crippen molar-refractivity contribution in [2.45, 2.75) is 33.3 Å². The lowest BCUT2D eigenvalue weighted by Gasteiger charge is -2.29. The highest BCUT2D eigenvalue weighted by atomic mass is 16.6. The van der Waals surface area contributed by atoms with Crippen LogP contribution in [0.25, 0.3) is 0 Å². The molecule has 1 unspecified atom stereocenters. The van der Waals surface area contributed by atoms with Gasteiger partial charge in [-0.05, 0) is 25.8 Å². The number of carbonyl (C=O) groups is 2.